The fourth-order valence-corrected chi connectivity index (χ4v) is 5.91. The number of methoxy groups -OCH3 is 2. The van der Waals surface area contributed by atoms with Crippen molar-refractivity contribution in [3.63, 3.8) is 0 Å². The lowest BCUT2D eigenvalue weighted by atomic mass is 10.0. The van der Waals surface area contributed by atoms with Gasteiger partial charge in [-0.05, 0) is 49.7 Å². The molecule has 2 saturated heterocycles. The molecule has 4 rings (SSSR count). The van der Waals surface area contributed by atoms with Gasteiger partial charge in [0.05, 0.1) is 0 Å². The summed E-state index contributed by atoms with van der Waals surface area (Å²) in [5.41, 5.74) is 1.78. The number of hydrogen-bond acceptors (Lipinski definition) is 8. The topological polar surface area (TPSA) is 112 Å². The maximum atomic E-state index is 13.3. The Morgan fingerprint density at radius 1 is 0.659 bits per heavy atom. The zero-order valence-corrected chi connectivity index (χ0v) is 25.7. The number of ether oxygens (including phenoxy) is 4. The number of carbonyl (C=O) groups is 4. The van der Waals surface area contributed by atoms with Crippen molar-refractivity contribution in [1.82, 2.24) is 9.80 Å². The van der Waals surface area contributed by atoms with E-state index in [0.717, 1.165) is 24.0 Å². The van der Waals surface area contributed by atoms with Crippen molar-refractivity contribution in [2.75, 3.05) is 27.3 Å². The molecule has 0 aromatic heterocycles. The lowest BCUT2D eigenvalue weighted by Gasteiger charge is -2.28. The maximum Gasteiger partial charge on any atom is 0.329 e. The lowest BCUT2D eigenvalue weighted by Crippen LogP contribution is -2.47. The van der Waals surface area contributed by atoms with Crippen molar-refractivity contribution < 1.29 is 38.1 Å². The first-order chi connectivity index (χ1) is 21.4. The van der Waals surface area contributed by atoms with Crippen molar-refractivity contribution >= 4 is 23.8 Å². The molecule has 10 heteroatoms. The molecular formula is C34H44N2O8. The minimum absolute atomic E-state index is 0.165. The summed E-state index contributed by atoms with van der Waals surface area (Å²) in [6.45, 7) is 1.29. The molecule has 10 nitrogen and oxygen atoms in total. The minimum atomic E-state index is -0.698. The van der Waals surface area contributed by atoms with Crippen LogP contribution < -0.4 is 0 Å². The van der Waals surface area contributed by atoms with Crippen molar-refractivity contribution in [2.45, 2.75) is 88.9 Å². The van der Waals surface area contributed by atoms with Gasteiger partial charge in [0, 0.05) is 27.3 Å². The van der Waals surface area contributed by atoms with E-state index in [1.807, 2.05) is 60.7 Å². The predicted molar refractivity (Wildman–Crippen MR) is 162 cm³/mol. The Balaban J connectivity index is 1.22. The highest BCUT2D eigenvalue weighted by molar-refractivity contribution is 5.88. The predicted octanol–water partition coefficient (Wildman–Crippen LogP) is 4.05. The second-order valence-corrected chi connectivity index (χ2v) is 11.3. The van der Waals surface area contributed by atoms with Crippen LogP contribution in [0.4, 0.5) is 0 Å². The van der Waals surface area contributed by atoms with Gasteiger partial charge in [-0.25, -0.2) is 9.59 Å². The normalized spacial score (nSPS) is 19.4. The summed E-state index contributed by atoms with van der Waals surface area (Å²) in [6, 6.07) is 17.6. The second kappa shape index (κ2) is 16.9. The number of benzene rings is 2. The van der Waals surface area contributed by atoms with Gasteiger partial charge in [0.2, 0.25) is 0 Å². The van der Waals surface area contributed by atoms with Crippen LogP contribution in [0.1, 0.15) is 62.5 Å². The third kappa shape index (κ3) is 8.89. The number of esters is 2. The van der Waals surface area contributed by atoms with Crippen molar-refractivity contribution in [1.29, 1.82) is 0 Å². The highest BCUT2D eigenvalue weighted by Gasteiger charge is 2.39. The number of hydrogen-bond donors (Lipinski definition) is 0. The smallest absolute Gasteiger partial charge is 0.329 e. The molecule has 2 heterocycles. The minimum Gasteiger partial charge on any atom is -0.459 e. The largest absolute Gasteiger partial charge is 0.459 e. The standard InChI is InChI=1S/C34H44N2O8/c1-41-29(31(37)35-21-11-17-27(35)33(39)43-23-25-13-5-3-6-14-25)19-9-10-20-30(42-2)32(38)36-22-12-18-28(36)34(40)44-24-26-15-7-4-8-16-26/h3-8,13-16,27-30H,9-12,17-24H2,1-2H3/t27-,28?,29?,30-/m1/s1. The molecule has 44 heavy (non-hydrogen) atoms. The number of amides is 2. The van der Waals surface area contributed by atoms with E-state index in [2.05, 4.69) is 0 Å². The molecule has 2 unspecified atom stereocenters. The molecule has 0 saturated carbocycles. The second-order valence-electron chi connectivity index (χ2n) is 11.3. The Labute approximate surface area is 259 Å². The van der Waals surface area contributed by atoms with Crippen LogP contribution in [0, 0.1) is 0 Å². The van der Waals surface area contributed by atoms with Crippen molar-refractivity contribution in [3.05, 3.63) is 71.8 Å². The van der Waals surface area contributed by atoms with Crippen molar-refractivity contribution in [3.8, 4) is 0 Å². The highest BCUT2D eigenvalue weighted by atomic mass is 16.5. The molecule has 0 spiro atoms. The fourth-order valence-electron chi connectivity index (χ4n) is 5.91. The van der Waals surface area contributed by atoms with Gasteiger partial charge in [-0.3, -0.25) is 9.59 Å². The molecule has 2 aliphatic rings. The van der Waals surface area contributed by atoms with E-state index in [1.165, 1.54) is 14.2 Å². The number of rotatable bonds is 15. The monoisotopic (exact) mass is 608 g/mol. The molecule has 0 N–H and O–H groups in total. The van der Waals surface area contributed by atoms with E-state index in [-0.39, 0.29) is 25.0 Å². The van der Waals surface area contributed by atoms with Crippen LogP contribution in [0.15, 0.2) is 60.7 Å². The summed E-state index contributed by atoms with van der Waals surface area (Å²) in [5.74, 6) is -1.25. The van der Waals surface area contributed by atoms with E-state index in [4.69, 9.17) is 18.9 Å². The molecule has 2 aliphatic heterocycles. The lowest BCUT2D eigenvalue weighted by molar-refractivity contribution is -0.158. The van der Waals surface area contributed by atoms with Gasteiger partial charge in [-0.2, -0.15) is 0 Å². The Morgan fingerprint density at radius 2 is 1.05 bits per heavy atom. The first kappa shape index (κ1) is 33.1. The third-order valence-electron chi connectivity index (χ3n) is 8.37. The summed E-state index contributed by atoms with van der Waals surface area (Å²) >= 11 is 0. The first-order valence-corrected chi connectivity index (χ1v) is 15.5. The molecular weight excluding hydrogens is 564 g/mol. The molecule has 0 radical (unpaired) electrons. The van der Waals surface area contributed by atoms with E-state index in [9.17, 15) is 19.2 Å². The zero-order chi connectivity index (χ0) is 31.3. The molecule has 2 aromatic carbocycles. The summed E-state index contributed by atoms with van der Waals surface area (Å²) < 4.78 is 22.1. The van der Waals surface area contributed by atoms with Gasteiger partial charge < -0.3 is 28.7 Å². The molecule has 2 aromatic rings. The van der Waals surface area contributed by atoms with Crippen LogP contribution in [0.3, 0.4) is 0 Å². The van der Waals surface area contributed by atoms with Crippen LogP contribution in [0.2, 0.25) is 0 Å². The summed E-state index contributed by atoms with van der Waals surface area (Å²) in [4.78, 5) is 55.5. The molecule has 2 amide bonds. The van der Waals surface area contributed by atoms with Gasteiger partial charge in [0.1, 0.15) is 37.5 Å². The van der Waals surface area contributed by atoms with Gasteiger partial charge in [-0.15, -0.1) is 0 Å². The highest BCUT2D eigenvalue weighted by Crippen LogP contribution is 2.24. The Hall–Kier alpha value is -3.76. The summed E-state index contributed by atoms with van der Waals surface area (Å²) in [7, 11) is 2.99. The zero-order valence-electron chi connectivity index (χ0n) is 25.7. The molecule has 2 fully saturated rings. The van der Waals surface area contributed by atoms with Crippen LogP contribution in [-0.2, 0) is 51.3 Å². The van der Waals surface area contributed by atoms with Crippen molar-refractivity contribution in [2.24, 2.45) is 0 Å². The Morgan fingerprint density at radius 3 is 1.41 bits per heavy atom. The van der Waals surface area contributed by atoms with Gasteiger partial charge in [0.25, 0.3) is 11.8 Å². The van der Waals surface area contributed by atoms with Gasteiger partial charge in [-0.1, -0.05) is 73.5 Å². The van der Waals surface area contributed by atoms with Gasteiger partial charge in [0.15, 0.2) is 0 Å². The average molecular weight is 609 g/mol. The van der Waals surface area contributed by atoms with E-state index < -0.39 is 36.2 Å². The molecule has 0 aliphatic carbocycles. The number of nitrogens with zero attached hydrogens (tertiary/aromatic N) is 2. The van der Waals surface area contributed by atoms with Gasteiger partial charge >= 0.3 is 11.9 Å². The Bertz CT molecular complexity index is 1130. The maximum absolute atomic E-state index is 13.3. The first-order valence-electron chi connectivity index (χ1n) is 15.5. The van der Waals surface area contributed by atoms with Crippen LogP contribution >= 0.6 is 0 Å². The third-order valence-corrected chi connectivity index (χ3v) is 8.37. The van der Waals surface area contributed by atoms with E-state index in [1.54, 1.807) is 9.80 Å². The van der Waals surface area contributed by atoms with E-state index >= 15 is 0 Å². The van der Waals surface area contributed by atoms with Crippen LogP contribution in [0.5, 0.6) is 0 Å². The summed E-state index contributed by atoms with van der Waals surface area (Å²) in [5, 5.41) is 0. The van der Waals surface area contributed by atoms with Crippen LogP contribution in [-0.4, -0.2) is 85.2 Å². The molecule has 238 valence electrons. The van der Waals surface area contributed by atoms with Crippen LogP contribution in [0.25, 0.3) is 0 Å². The molecule has 0 bridgehead atoms. The number of carbonyl (C=O) groups excluding carboxylic acids is 4. The van der Waals surface area contributed by atoms with E-state index in [0.29, 0.717) is 51.6 Å². The summed E-state index contributed by atoms with van der Waals surface area (Å²) in [6.07, 6.45) is 3.31. The SMILES string of the molecule is COC(CCCC[C@@H](OC)C(=O)N1CCCC1C(=O)OCc1ccccc1)C(=O)N1CCC[C@@H]1C(=O)OCc1ccccc1. The number of unbranched alkanes of at least 4 members (excludes halogenated alkanes) is 1. The quantitative estimate of drug-likeness (QED) is 0.220. The average Bonchev–Trinajstić information content (AvgIpc) is 3.76. The fraction of sp³-hybridized carbons (Fsp3) is 0.529. The molecule has 4 atom stereocenters. The number of likely N-dealkylation sites (tertiary alicyclic amines) is 2. The Kier molecular flexibility index (Phi) is 12.7.